The van der Waals surface area contributed by atoms with Crippen molar-refractivity contribution in [2.24, 2.45) is 0 Å². The highest BCUT2D eigenvalue weighted by Crippen LogP contribution is 2.35. The topological polar surface area (TPSA) is 93.7 Å². The normalized spacial score (nSPS) is 11.2. The molecular weight excluding hydrogens is 442 g/mol. The Labute approximate surface area is 184 Å². The zero-order chi connectivity index (χ0) is 23.3. The maximum absolute atomic E-state index is 12.9. The fourth-order valence-electron chi connectivity index (χ4n) is 2.93. The number of benzene rings is 3. The molecule has 0 aliphatic carbocycles. The van der Waals surface area contributed by atoms with Crippen molar-refractivity contribution in [3.05, 3.63) is 72.3 Å². The van der Waals surface area contributed by atoms with E-state index in [1.807, 2.05) is 0 Å². The number of methoxy groups -OCH3 is 1. The molecule has 0 radical (unpaired) electrons. The van der Waals surface area contributed by atoms with Crippen molar-refractivity contribution in [1.29, 1.82) is 0 Å². The summed E-state index contributed by atoms with van der Waals surface area (Å²) in [6, 6.07) is 15.9. The lowest BCUT2D eigenvalue weighted by atomic mass is 10.0. The van der Waals surface area contributed by atoms with E-state index in [9.17, 15) is 22.0 Å². The summed E-state index contributed by atoms with van der Waals surface area (Å²) in [6.45, 7) is -3.05. The van der Waals surface area contributed by atoms with Crippen LogP contribution >= 0.6 is 0 Å². The van der Waals surface area contributed by atoms with Gasteiger partial charge in [0.1, 0.15) is 11.5 Å². The van der Waals surface area contributed by atoms with Crippen molar-refractivity contribution < 1.29 is 31.5 Å². The molecule has 0 aliphatic heterocycles. The second-order valence-corrected chi connectivity index (χ2v) is 8.21. The predicted octanol–water partition coefficient (Wildman–Crippen LogP) is 4.12. The van der Waals surface area contributed by atoms with Gasteiger partial charge in [-0.15, -0.1) is 0 Å². The second-order valence-electron chi connectivity index (χ2n) is 6.53. The molecule has 0 spiro atoms. The van der Waals surface area contributed by atoms with Gasteiger partial charge in [0.25, 0.3) is 15.9 Å². The highest BCUT2D eigenvalue weighted by atomic mass is 32.2. The van der Waals surface area contributed by atoms with Crippen LogP contribution in [0.2, 0.25) is 0 Å². The van der Waals surface area contributed by atoms with Crippen molar-refractivity contribution in [3.63, 3.8) is 0 Å². The average molecular weight is 462 g/mol. The number of ether oxygens (including phenoxy) is 2. The van der Waals surface area contributed by atoms with Gasteiger partial charge in [0, 0.05) is 23.9 Å². The number of hydrogen-bond acceptors (Lipinski definition) is 5. The lowest BCUT2D eigenvalue weighted by Gasteiger charge is -2.15. The molecule has 0 aliphatic rings. The first kappa shape index (κ1) is 23.0. The molecule has 32 heavy (non-hydrogen) atoms. The smallest absolute Gasteiger partial charge is 0.387 e. The highest BCUT2D eigenvalue weighted by Gasteiger charge is 2.18. The molecule has 3 rings (SSSR count). The number of carbonyl (C=O) groups is 1. The summed E-state index contributed by atoms with van der Waals surface area (Å²) in [4.78, 5) is 11.6. The Kier molecular flexibility index (Phi) is 6.94. The molecule has 3 aromatic rings. The molecule has 0 bridgehead atoms. The lowest BCUT2D eigenvalue weighted by Crippen LogP contribution is -2.18. The lowest BCUT2D eigenvalue weighted by molar-refractivity contribution is -0.0494. The van der Waals surface area contributed by atoms with E-state index < -0.39 is 16.6 Å². The van der Waals surface area contributed by atoms with Crippen LogP contribution in [-0.4, -0.2) is 35.1 Å². The van der Waals surface area contributed by atoms with Gasteiger partial charge in [0.05, 0.1) is 12.0 Å². The number of nitrogens with one attached hydrogen (secondary N) is 2. The zero-order valence-corrected chi connectivity index (χ0v) is 18.0. The van der Waals surface area contributed by atoms with Gasteiger partial charge in [-0.05, 0) is 60.2 Å². The van der Waals surface area contributed by atoms with Gasteiger partial charge in [0.2, 0.25) is 0 Å². The molecule has 0 aromatic heterocycles. The van der Waals surface area contributed by atoms with Crippen LogP contribution in [0.5, 0.6) is 11.5 Å². The number of anilines is 1. The van der Waals surface area contributed by atoms with E-state index in [0.717, 1.165) is 0 Å². The molecule has 1 amide bonds. The van der Waals surface area contributed by atoms with Gasteiger partial charge in [0.15, 0.2) is 0 Å². The first-order valence-corrected chi connectivity index (χ1v) is 10.8. The van der Waals surface area contributed by atoms with Crippen molar-refractivity contribution in [3.8, 4) is 22.6 Å². The average Bonchev–Trinajstić information content (AvgIpc) is 2.79. The summed E-state index contributed by atoms with van der Waals surface area (Å²) in [5, 5.41) is 2.45. The predicted molar refractivity (Wildman–Crippen MR) is 116 cm³/mol. The Bertz CT molecular complexity index is 1200. The Hall–Kier alpha value is -3.66. The van der Waals surface area contributed by atoms with E-state index in [4.69, 9.17) is 4.74 Å². The van der Waals surface area contributed by atoms with Crippen molar-refractivity contribution >= 4 is 21.6 Å². The van der Waals surface area contributed by atoms with Gasteiger partial charge >= 0.3 is 6.61 Å². The van der Waals surface area contributed by atoms with Gasteiger partial charge in [-0.1, -0.05) is 12.1 Å². The molecule has 0 saturated heterocycles. The Morgan fingerprint density at radius 1 is 0.969 bits per heavy atom. The SMILES string of the molecule is CNC(=O)c1ccc(S(=O)(=O)Nc2ccc(OC(F)F)c(-c3ccc(OC)cc3)c2)cc1. The van der Waals surface area contributed by atoms with E-state index in [0.29, 0.717) is 16.9 Å². The largest absolute Gasteiger partial charge is 0.497 e. The maximum atomic E-state index is 12.9. The van der Waals surface area contributed by atoms with Crippen LogP contribution in [0, 0.1) is 0 Å². The van der Waals surface area contributed by atoms with Crippen LogP contribution in [0.1, 0.15) is 10.4 Å². The molecule has 0 saturated carbocycles. The molecular formula is C22H20F2N2O5S. The Balaban J connectivity index is 1.94. The molecule has 0 heterocycles. The van der Waals surface area contributed by atoms with E-state index >= 15 is 0 Å². The van der Waals surface area contributed by atoms with Crippen LogP contribution < -0.4 is 19.5 Å². The third-order valence-electron chi connectivity index (χ3n) is 4.50. The minimum absolute atomic E-state index is 0.0657. The first-order chi connectivity index (χ1) is 15.2. The molecule has 7 nitrogen and oxygen atoms in total. The van der Waals surface area contributed by atoms with Crippen molar-refractivity contribution in [1.82, 2.24) is 5.32 Å². The number of hydrogen-bond donors (Lipinski definition) is 2. The Morgan fingerprint density at radius 2 is 1.62 bits per heavy atom. The first-order valence-electron chi connectivity index (χ1n) is 9.32. The molecule has 10 heteroatoms. The quantitative estimate of drug-likeness (QED) is 0.525. The number of rotatable bonds is 8. The van der Waals surface area contributed by atoms with E-state index in [1.54, 1.807) is 24.3 Å². The minimum Gasteiger partial charge on any atom is -0.497 e. The molecule has 2 N–H and O–H groups in total. The van der Waals surface area contributed by atoms with Crippen LogP contribution in [0.3, 0.4) is 0 Å². The fraction of sp³-hybridized carbons (Fsp3) is 0.136. The minimum atomic E-state index is -4.00. The summed E-state index contributed by atoms with van der Waals surface area (Å²) >= 11 is 0. The van der Waals surface area contributed by atoms with Gasteiger partial charge in [-0.2, -0.15) is 8.78 Å². The number of halogens is 2. The van der Waals surface area contributed by atoms with Crippen LogP contribution in [0.25, 0.3) is 11.1 Å². The monoisotopic (exact) mass is 462 g/mol. The number of sulfonamides is 1. The van der Waals surface area contributed by atoms with Gasteiger partial charge in [-0.25, -0.2) is 8.42 Å². The van der Waals surface area contributed by atoms with Gasteiger partial charge in [-0.3, -0.25) is 9.52 Å². The second kappa shape index (κ2) is 9.65. The van der Waals surface area contributed by atoms with Crippen LogP contribution in [0.4, 0.5) is 14.5 Å². The number of alkyl halides is 2. The van der Waals surface area contributed by atoms with Crippen LogP contribution in [-0.2, 0) is 10.0 Å². The molecule has 0 unspecified atom stereocenters. The summed E-state index contributed by atoms with van der Waals surface area (Å²) in [5.74, 6) is 0.117. The van der Waals surface area contributed by atoms with Crippen molar-refractivity contribution in [2.75, 3.05) is 18.9 Å². The fourth-order valence-corrected chi connectivity index (χ4v) is 3.98. The standard InChI is InChI=1S/C22H20F2N2O5S/c1-25-21(27)15-5-10-18(11-6-15)32(28,29)26-16-7-12-20(31-22(23)24)19(13-16)14-3-8-17(30-2)9-4-14/h3-13,22,26H,1-2H3,(H,25,27). The third-order valence-corrected chi connectivity index (χ3v) is 5.90. The highest BCUT2D eigenvalue weighted by molar-refractivity contribution is 7.92. The summed E-state index contributed by atoms with van der Waals surface area (Å²) < 4.78 is 63.4. The van der Waals surface area contributed by atoms with Crippen molar-refractivity contribution in [2.45, 2.75) is 11.5 Å². The van der Waals surface area contributed by atoms with E-state index in [-0.39, 0.29) is 27.8 Å². The van der Waals surface area contributed by atoms with Crippen LogP contribution in [0.15, 0.2) is 71.6 Å². The van der Waals surface area contributed by atoms with E-state index in [2.05, 4.69) is 14.8 Å². The molecule has 0 fully saturated rings. The van der Waals surface area contributed by atoms with Gasteiger partial charge < -0.3 is 14.8 Å². The zero-order valence-electron chi connectivity index (χ0n) is 17.1. The summed E-state index contributed by atoms with van der Waals surface area (Å²) in [6.07, 6.45) is 0. The maximum Gasteiger partial charge on any atom is 0.387 e. The molecule has 0 atom stereocenters. The molecule has 168 valence electrons. The summed E-state index contributed by atoms with van der Waals surface area (Å²) in [7, 11) is -1.03. The number of amides is 1. The molecule has 3 aromatic carbocycles. The summed E-state index contributed by atoms with van der Waals surface area (Å²) in [5.41, 5.74) is 1.25. The number of carbonyl (C=O) groups excluding carboxylic acids is 1. The third kappa shape index (κ3) is 5.33. The van der Waals surface area contributed by atoms with E-state index in [1.165, 1.54) is 56.6 Å². The Morgan fingerprint density at radius 3 is 2.19 bits per heavy atom.